The molecule has 0 atom stereocenters. The van der Waals surface area contributed by atoms with Crippen molar-refractivity contribution >= 4 is 33.4 Å². The van der Waals surface area contributed by atoms with Crippen LogP contribution in [0, 0.1) is 0 Å². The highest BCUT2D eigenvalue weighted by Crippen LogP contribution is 2.16. The molecule has 0 saturated heterocycles. The Labute approximate surface area is 144 Å². The molecule has 0 aliphatic rings. The first-order chi connectivity index (χ1) is 10.8. The Morgan fingerprint density at radius 2 is 1.78 bits per heavy atom. The number of hydrogen-bond acceptors (Lipinski definition) is 4. The normalized spacial score (nSPS) is 11.0. The first-order valence-corrected chi connectivity index (χ1v) is 8.06. The molecule has 0 saturated carbocycles. The number of nitrogens with zero attached hydrogens (tertiary/aromatic N) is 1. The summed E-state index contributed by atoms with van der Waals surface area (Å²) in [6.45, 7) is 6.11. The van der Waals surface area contributed by atoms with Crippen LogP contribution in [-0.4, -0.2) is 16.7 Å². The molecule has 0 bridgehead atoms. The van der Waals surface area contributed by atoms with E-state index in [0.717, 1.165) is 16.0 Å². The van der Waals surface area contributed by atoms with Gasteiger partial charge in [-0.25, -0.2) is 9.78 Å². The van der Waals surface area contributed by atoms with Crippen LogP contribution in [0.2, 0.25) is 0 Å². The van der Waals surface area contributed by atoms with Crippen LogP contribution in [0.15, 0.2) is 47.1 Å². The molecule has 1 heterocycles. The lowest BCUT2D eigenvalue weighted by molar-refractivity contribution is 0.0636. The van der Waals surface area contributed by atoms with Crippen molar-refractivity contribution in [2.24, 2.45) is 0 Å². The number of carbonyl (C=O) groups excluding carboxylic acids is 1. The van der Waals surface area contributed by atoms with Gasteiger partial charge >= 0.3 is 6.09 Å². The van der Waals surface area contributed by atoms with Crippen molar-refractivity contribution in [1.29, 1.82) is 0 Å². The summed E-state index contributed by atoms with van der Waals surface area (Å²) in [6.07, 6.45) is -0.462. The lowest BCUT2D eigenvalue weighted by Crippen LogP contribution is -2.27. The van der Waals surface area contributed by atoms with Gasteiger partial charge in [-0.2, -0.15) is 0 Å². The van der Waals surface area contributed by atoms with Crippen LogP contribution in [0.5, 0.6) is 0 Å². The molecule has 1 aromatic carbocycles. The van der Waals surface area contributed by atoms with Crippen LogP contribution in [-0.2, 0) is 11.3 Å². The van der Waals surface area contributed by atoms with E-state index in [1.165, 1.54) is 0 Å². The maximum absolute atomic E-state index is 11.7. The molecule has 23 heavy (non-hydrogen) atoms. The summed E-state index contributed by atoms with van der Waals surface area (Å²) in [5.41, 5.74) is 2.06. The van der Waals surface area contributed by atoms with E-state index < -0.39 is 11.7 Å². The molecule has 2 rings (SSSR count). The molecule has 5 nitrogen and oxygen atoms in total. The highest BCUT2D eigenvalue weighted by molar-refractivity contribution is 9.10. The number of hydrogen-bond donors (Lipinski definition) is 2. The first-order valence-electron chi connectivity index (χ1n) is 7.27. The highest BCUT2D eigenvalue weighted by Gasteiger charge is 2.15. The third kappa shape index (κ3) is 6.28. The molecule has 0 spiro atoms. The minimum absolute atomic E-state index is 0.462. The average molecular weight is 378 g/mol. The largest absolute Gasteiger partial charge is 0.444 e. The molecule has 122 valence electrons. The molecule has 0 fully saturated rings. The van der Waals surface area contributed by atoms with Crippen molar-refractivity contribution in [3.8, 4) is 0 Å². The van der Waals surface area contributed by atoms with E-state index in [2.05, 4.69) is 31.5 Å². The minimum atomic E-state index is -0.511. The number of halogens is 1. The number of anilines is 2. The zero-order valence-corrected chi connectivity index (χ0v) is 15.0. The molecule has 2 N–H and O–H groups in total. The fourth-order valence-electron chi connectivity index (χ4n) is 1.83. The monoisotopic (exact) mass is 377 g/mol. The average Bonchev–Trinajstić information content (AvgIpc) is 2.44. The number of rotatable bonds is 4. The van der Waals surface area contributed by atoms with Gasteiger partial charge in [-0.05, 0) is 73.1 Å². The van der Waals surface area contributed by atoms with Gasteiger partial charge in [0.15, 0.2) is 0 Å². The Morgan fingerprint density at radius 1 is 1.13 bits per heavy atom. The summed E-state index contributed by atoms with van der Waals surface area (Å²) in [5, 5.41) is 5.98. The van der Waals surface area contributed by atoms with Gasteiger partial charge in [0.2, 0.25) is 0 Å². The molecular weight excluding hydrogens is 358 g/mol. The predicted octanol–water partition coefficient (Wildman–Crippen LogP) is 4.80. The van der Waals surface area contributed by atoms with Crippen LogP contribution in [0.4, 0.5) is 16.2 Å². The van der Waals surface area contributed by atoms with E-state index in [1.54, 1.807) is 0 Å². The highest BCUT2D eigenvalue weighted by atomic mass is 79.9. The fourth-order valence-corrected chi connectivity index (χ4v) is 2.21. The molecule has 2 aromatic rings. The number of benzene rings is 1. The van der Waals surface area contributed by atoms with E-state index in [1.807, 2.05) is 63.2 Å². The molecular formula is C17H20BrN3O2. The zero-order chi connectivity index (χ0) is 16.9. The van der Waals surface area contributed by atoms with Crippen molar-refractivity contribution in [3.05, 3.63) is 52.8 Å². The second-order valence-electron chi connectivity index (χ2n) is 6.01. The van der Waals surface area contributed by atoms with E-state index in [4.69, 9.17) is 4.74 Å². The van der Waals surface area contributed by atoms with Gasteiger partial charge < -0.3 is 10.1 Å². The standard InChI is InChI=1S/C17H20BrN3O2/c1-17(2,3)23-16(22)21-13-9-7-12(8-10-13)19-11-14-5-4-6-15(18)20-14/h4-10,19H,11H2,1-3H3,(H,21,22). The summed E-state index contributed by atoms with van der Waals surface area (Å²) in [6, 6.07) is 13.2. The summed E-state index contributed by atoms with van der Waals surface area (Å²) in [7, 11) is 0. The Morgan fingerprint density at radius 3 is 2.39 bits per heavy atom. The van der Waals surface area contributed by atoms with Crippen molar-refractivity contribution < 1.29 is 9.53 Å². The van der Waals surface area contributed by atoms with Crippen LogP contribution in [0.3, 0.4) is 0 Å². The van der Waals surface area contributed by atoms with Gasteiger partial charge in [-0.3, -0.25) is 5.32 Å². The molecule has 6 heteroatoms. The number of carbonyl (C=O) groups is 1. The van der Waals surface area contributed by atoms with Gasteiger partial charge in [-0.1, -0.05) is 6.07 Å². The van der Waals surface area contributed by atoms with E-state index in [0.29, 0.717) is 12.2 Å². The van der Waals surface area contributed by atoms with Crippen LogP contribution in [0.1, 0.15) is 26.5 Å². The molecule has 0 unspecified atom stereocenters. The number of amides is 1. The Bertz CT molecular complexity index is 666. The number of ether oxygens (including phenoxy) is 1. The van der Waals surface area contributed by atoms with Gasteiger partial charge in [0, 0.05) is 11.4 Å². The number of aromatic nitrogens is 1. The molecule has 0 aliphatic heterocycles. The van der Waals surface area contributed by atoms with Crippen molar-refractivity contribution in [2.75, 3.05) is 10.6 Å². The van der Waals surface area contributed by atoms with Gasteiger partial charge in [0.1, 0.15) is 10.2 Å². The van der Waals surface area contributed by atoms with Crippen LogP contribution >= 0.6 is 15.9 Å². The quantitative estimate of drug-likeness (QED) is 0.750. The first kappa shape index (κ1) is 17.3. The number of nitrogens with one attached hydrogen (secondary N) is 2. The van der Waals surface area contributed by atoms with Crippen molar-refractivity contribution in [3.63, 3.8) is 0 Å². The van der Waals surface area contributed by atoms with Gasteiger partial charge in [0.05, 0.1) is 12.2 Å². The summed E-state index contributed by atoms with van der Waals surface area (Å²) < 4.78 is 6.02. The zero-order valence-electron chi connectivity index (χ0n) is 13.4. The van der Waals surface area contributed by atoms with Crippen molar-refractivity contribution in [1.82, 2.24) is 4.98 Å². The second-order valence-corrected chi connectivity index (χ2v) is 6.82. The van der Waals surface area contributed by atoms with Gasteiger partial charge in [0.25, 0.3) is 0 Å². The summed E-state index contributed by atoms with van der Waals surface area (Å²) >= 11 is 3.35. The van der Waals surface area contributed by atoms with E-state index in [-0.39, 0.29) is 0 Å². The Kier molecular flexibility index (Phi) is 5.60. The third-order valence-corrected chi connectivity index (χ3v) is 3.22. The SMILES string of the molecule is CC(C)(C)OC(=O)Nc1ccc(NCc2cccc(Br)n2)cc1. The van der Waals surface area contributed by atoms with Crippen LogP contribution < -0.4 is 10.6 Å². The second kappa shape index (κ2) is 7.46. The smallest absolute Gasteiger partial charge is 0.412 e. The third-order valence-electron chi connectivity index (χ3n) is 2.78. The molecule has 1 amide bonds. The maximum Gasteiger partial charge on any atom is 0.412 e. The lowest BCUT2D eigenvalue weighted by atomic mass is 10.2. The molecule has 0 aliphatic carbocycles. The molecule has 0 radical (unpaired) electrons. The van der Waals surface area contributed by atoms with Gasteiger partial charge in [-0.15, -0.1) is 0 Å². The summed E-state index contributed by atoms with van der Waals surface area (Å²) in [4.78, 5) is 16.1. The molecule has 1 aromatic heterocycles. The van der Waals surface area contributed by atoms with Crippen LogP contribution in [0.25, 0.3) is 0 Å². The fraction of sp³-hybridized carbons (Fsp3) is 0.294. The van der Waals surface area contributed by atoms with E-state index >= 15 is 0 Å². The topological polar surface area (TPSA) is 63.2 Å². The number of pyridine rings is 1. The summed E-state index contributed by atoms with van der Waals surface area (Å²) in [5.74, 6) is 0. The Hall–Kier alpha value is -2.08. The minimum Gasteiger partial charge on any atom is -0.444 e. The lowest BCUT2D eigenvalue weighted by Gasteiger charge is -2.19. The maximum atomic E-state index is 11.7. The predicted molar refractivity (Wildman–Crippen MR) is 95.6 cm³/mol. The van der Waals surface area contributed by atoms with Crippen molar-refractivity contribution in [2.45, 2.75) is 32.9 Å². The Balaban J connectivity index is 1.88. The van der Waals surface area contributed by atoms with E-state index in [9.17, 15) is 4.79 Å².